The molecular weight excluding hydrogens is 210 g/mol. The molecule has 0 radical (unpaired) electrons. The van der Waals surface area contributed by atoms with Crippen LogP contribution < -0.4 is 11.3 Å². The van der Waals surface area contributed by atoms with E-state index in [9.17, 15) is 0 Å². The van der Waals surface area contributed by atoms with Gasteiger partial charge in [-0.1, -0.05) is 24.1 Å². The van der Waals surface area contributed by atoms with Gasteiger partial charge < -0.3 is 0 Å². The molecule has 1 unspecified atom stereocenters. The van der Waals surface area contributed by atoms with Crippen LogP contribution in [0.1, 0.15) is 37.7 Å². The van der Waals surface area contributed by atoms with Crippen molar-refractivity contribution < 1.29 is 0 Å². The van der Waals surface area contributed by atoms with Crippen LogP contribution in [0.15, 0.2) is 36.2 Å². The molecule has 0 saturated heterocycles. The SMILES string of the molecule is NNC(Cc1cccnc1)C1=CCCCCC1. The Morgan fingerprint density at radius 1 is 1.35 bits per heavy atom. The van der Waals surface area contributed by atoms with Gasteiger partial charge in [0.15, 0.2) is 0 Å². The molecule has 0 aliphatic heterocycles. The first kappa shape index (κ1) is 12.3. The van der Waals surface area contributed by atoms with Gasteiger partial charge in [0.2, 0.25) is 0 Å². The van der Waals surface area contributed by atoms with Crippen LogP contribution >= 0.6 is 0 Å². The van der Waals surface area contributed by atoms with E-state index in [0.29, 0.717) is 0 Å². The first-order valence-corrected chi connectivity index (χ1v) is 6.44. The maximum absolute atomic E-state index is 5.69. The van der Waals surface area contributed by atoms with Crippen molar-refractivity contribution >= 4 is 0 Å². The number of nitrogens with two attached hydrogens (primary N) is 1. The Labute approximate surface area is 103 Å². The zero-order chi connectivity index (χ0) is 11.9. The first-order valence-electron chi connectivity index (χ1n) is 6.44. The van der Waals surface area contributed by atoms with E-state index in [2.05, 4.69) is 22.6 Å². The van der Waals surface area contributed by atoms with E-state index < -0.39 is 0 Å². The van der Waals surface area contributed by atoms with Crippen LogP contribution in [0, 0.1) is 0 Å². The lowest BCUT2D eigenvalue weighted by Gasteiger charge is -2.19. The summed E-state index contributed by atoms with van der Waals surface area (Å²) in [6, 6.07) is 4.34. The number of nitrogens with zero attached hydrogens (tertiary/aromatic N) is 1. The van der Waals surface area contributed by atoms with E-state index in [1.54, 1.807) is 6.20 Å². The highest BCUT2D eigenvalue weighted by molar-refractivity contribution is 5.18. The first-order chi connectivity index (χ1) is 8.40. The van der Waals surface area contributed by atoms with Gasteiger partial charge in [0.1, 0.15) is 0 Å². The lowest BCUT2D eigenvalue weighted by Crippen LogP contribution is -2.38. The second-order valence-corrected chi connectivity index (χ2v) is 4.66. The van der Waals surface area contributed by atoms with E-state index in [4.69, 9.17) is 5.84 Å². The summed E-state index contributed by atoms with van der Waals surface area (Å²) in [6.45, 7) is 0. The molecule has 3 heteroatoms. The topological polar surface area (TPSA) is 50.9 Å². The molecule has 1 aliphatic rings. The normalized spacial score (nSPS) is 18.3. The van der Waals surface area contributed by atoms with Crippen molar-refractivity contribution in [1.82, 2.24) is 10.4 Å². The molecule has 0 amide bonds. The number of hydrogen-bond donors (Lipinski definition) is 2. The smallest absolute Gasteiger partial charge is 0.0460 e. The van der Waals surface area contributed by atoms with Gasteiger partial charge in [0.05, 0.1) is 0 Å². The van der Waals surface area contributed by atoms with Crippen LogP contribution in [0.2, 0.25) is 0 Å². The van der Waals surface area contributed by atoms with E-state index in [1.165, 1.54) is 43.2 Å². The molecule has 0 spiro atoms. The molecule has 1 aliphatic carbocycles. The molecule has 2 rings (SSSR count). The molecular formula is C14H21N3. The fourth-order valence-electron chi connectivity index (χ4n) is 2.41. The van der Waals surface area contributed by atoms with Gasteiger partial charge >= 0.3 is 0 Å². The Morgan fingerprint density at radius 2 is 2.29 bits per heavy atom. The lowest BCUT2D eigenvalue weighted by molar-refractivity contribution is 0.563. The van der Waals surface area contributed by atoms with Crippen molar-refractivity contribution in [2.24, 2.45) is 5.84 Å². The number of aromatic nitrogens is 1. The maximum Gasteiger partial charge on any atom is 0.0460 e. The number of nitrogens with one attached hydrogen (secondary N) is 1. The molecule has 0 saturated carbocycles. The van der Waals surface area contributed by atoms with Gasteiger partial charge in [-0.05, 0) is 43.7 Å². The summed E-state index contributed by atoms with van der Waals surface area (Å²) in [5, 5.41) is 0. The molecule has 0 aromatic carbocycles. The zero-order valence-corrected chi connectivity index (χ0v) is 10.2. The van der Waals surface area contributed by atoms with Crippen LogP contribution in [0.3, 0.4) is 0 Å². The highest BCUT2D eigenvalue weighted by atomic mass is 15.2. The Balaban J connectivity index is 2.03. The molecule has 3 nitrogen and oxygen atoms in total. The standard InChI is InChI=1S/C14H21N3/c15-17-14(10-12-6-5-9-16-11-12)13-7-3-1-2-4-8-13/h5-7,9,11,14,17H,1-4,8,10,15H2. The summed E-state index contributed by atoms with van der Waals surface area (Å²) in [4.78, 5) is 4.15. The van der Waals surface area contributed by atoms with E-state index in [1.807, 2.05) is 12.3 Å². The van der Waals surface area contributed by atoms with Gasteiger partial charge in [-0.25, -0.2) is 0 Å². The monoisotopic (exact) mass is 231 g/mol. The summed E-state index contributed by atoms with van der Waals surface area (Å²) < 4.78 is 0. The highest BCUT2D eigenvalue weighted by Gasteiger charge is 2.14. The van der Waals surface area contributed by atoms with Crippen molar-refractivity contribution in [2.45, 2.75) is 44.6 Å². The van der Waals surface area contributed by atoms with Gasteiger partial charge in [-0.15, -0.1) is 0 Å². The molecule has 17 heavy (non-hydrogen) atoms. The van der Waals surface area contributed by atoms with Crippen LogP contribution in [0.4, 0.5) is 0 Å². The molecule has 0 bridgehead atoms. The minimum Gasteiger partial charge on any atom is -0.271 e. The quantitative estimate of drug-likeness (QED) is 0.475. The van der Waals surface area contributed by atoms with Crippen molar-refractivity contribution in [3.63, 3.8) is 0 Å². The summed E-state index contributed by atoms with van der Waals surface area (Å²) in [5.41, 5.74) is 5.66. The van der Waals surface area contributed by atoms with Crippen molar-refractivity contribution in [3.05, 3.63) is 41.7 Å². The van der Waals surface area contributed by atoms with Crippen molar-refractivity contribution in [2.75, 3.05) is 0 Å². The molecule has 1 aromatic rings. The van der Waals surface area contributed by atoms with Crippen LogP contribution in [0.5, 0.6) is 0 Å². The van der Waals surface area contributed by atoms with E-state index in [-0.39, 0.29) is 6.04 Å². The number of allylic oxidation sites excluding steroid dienone is 1. The van der Waals surface area contributed by atoms with Gasteiger partial charge in [-0.3, -0.25) is 16.3 Å². The molecule has 1 heterocycles. The Hall–Kier alpha value is -1.19. The summed E-state index contributed by atoms with van der Waals surface area (Å²) in [7, 11) is 0. The Kier molecular flexibility index (Phi) is 4.71. The summed E-state index contributed by atoms with van der Waals surface area (Å²) in [5.74, 6) is 5.69. The van der Waals surface area contributed by atoms with E-state index in [0.717, 1.165) is 6.42 Å². The fraction of sp³-hybridized carbons (Fsp3) is 0.500. The molecule has 1 atom stereocenters. The fourth-order valence-corrected chi connectivity index (χ4v) is 2.41. The third-order valence-corrected chi connectivity index (χ3v) is 3.39. The third-order valence-electron chi connectivity index (χ3n) is 3.39. The molecule has 1 aromatic heterocycles. The van der Waals surface area contributed by atoms with Crippen LogP contribution in [-0.4, -0.2) is 11.0 Å². The minimum absolute atomic E-state index is 0.261. The Morgan fingerprint density at radius 3 is 3.06 bits per heavy atom. The number of rotatable bonds is 4. The van der Waals surface area contributed by atoms with Gasteiger partial charge in [0.25, 0.3) is 0 Å². The summed E-state index contributed by atoms with van der Waals surface area (Å²) >= 11 is 0. The molecule has 3 N–H and O–H groups in total. The van der Waals surface area contributed by atoms with Crippen LogP contribution in [-0.2, 0) is 6.42 Å². The van der Waals surface area contributed by atoms with Crippen molar-refractivity contribution in [1.29, 1.82) is 0 Å². The average molecular weight is 231 g/mol. The third kappa shape index (κ3) is 3.65. The number of pyridine rings is 1. The maximum atomic E-state index is 5.69. The van der Waals surface area contributed by atoms with Gasteiger partial charge in [-0.2, -0.15) is 0 Å². The van der Waals surface area contributed by atoms with E-state index >= 15 is 0 Å². The molecule has 92 valence electrons. The predicted molar refractivity (Wildman–Crippen MR) is 70.2 cm³/mol. The largest absolute Gasteiger partial charge is 0.271 e. The predicted octanol–water partition coefficient (Wildman–Crippen LogP) is 2.35. The highest BCUT2D eigenvalue weighted by Crippen LogP contribution is 2.21. The average Bonchev–Trinajstić information content (AvgIpc) is 2.66. The van der Waals surface area contributed by atoms with Crippen molar-refractivity contribution in [3.8, 4) is 0 Å². The Bertz CT molecular complexity index is 359. The number of hydrazine groups is 1. The minimum atomic E-state index is 0.261. The van der Waals surface area contributed by atoms with Gasteiger partial charge in [0, 0.05) is 18.4 Å². The second kappa shape index (κ2) is 6.52. The lowest BCUT2D eigenvalue weighted by atomic mass is 9.97. The molecule has 0 fully saturated rings. The number of hydrogen-bond acceptors (Lipinski definition) is 3. The second-order valence-electron chi connectivity index (χ2n) is 4.66. The van der Waals surface area contributed by atoms with Crippen LogP contribution in [0.25, 0.3) is 0 Å². The summed E-state index contributed by atoms with van der Waals surface area (Å²) in [6.07, 6.45) is 13.3. The zero-order valence-electron chi connectivity index (χ0n) is 10.2.